The number of urea groups is 1. The van der Waals surface area contributed by atoms with Gasteiger partial charge < -0.3 is 20.9 Å². The number of anilines is 1. The lowest BCUT2D eigenvalue weighted by Crippen LogP contribution is -2.49. The molecule has 7 heteroatoms. The quantitative estimate of drug-likeness (QED) is 0.753. The Bertz CT molecular complexity index is 519. The highest BCUT2D eigenvalue weighted by Crippen LogP contribution is 2.14. The van der Waals surface area contributed by atoms with E-state index in [9.17, 15) is 9.59 Å². The summed E-state index contributed by atoms with van der Waals surface area (Å²) in [5.74, 6) is 0.650. The predicted octanol–water partition coefficient (Wildman–Crippen LogP) is 1.50. The molecule has 1 unspecified atom stereocenters. The molecule has 0 bridgehead atoms. The van der Waals surface area contributed by atoms with Crippen molar-refractivity contribution in [2.45, 2.75) is 19.0 Å². The van der Waals surface area contributed by atoms with E-state index in [4.69, 9.17) is 5.73 Å². The minimum atomic E-state index is -0.673. The van der Waals surface area contributed by atoms with E-state index >= 15 is 0 Å². The van der Waals surface area contributed by atoms with Gasteiger partial charge in [-0.1, -0.05) is 12.1 Å². The molecule has 0 aliphatic rings. The van der Waals surface area contributed by atoms with Crippen LogP contribution in [-0.4, -0.2) is 56.0 Å². The second kappa shape index (κ2) is 9.29. The van der Waals surface area contributed by atoms with Crippen LogP contribution < -0.4 is 16.0 Å². The van der Waals surface area contributed by atoms with Crippen molar-refractivity contribution in [1.29, 1.82) is 0 Å². The van der Waals surface area contributed by atoms with Gasteiger partial charge in [0.1, 0.15) is 6.04 Å². The summed E-state index contributed by atoms with van der Waals surface area (Å²) in [5.41, 5.74) is 7.31. The second-order valence-electron chi connectivity index (χ2n) is 5.60. The highest BCUT2D eigenvalue weighted by atomic mass is 32.2. The van der Waals surface area contributed by atoms with Gasteiger partial charge in [0.05, 0.1) is 0 Å². The first kappa shape index (κ1) is 19.2. The molecule has 0 heterocycles. The Kier molecular flexibility index (Phi) is 7.74. The Morgan fingerprint density at radius 1 is 1.22 bits per heavy atom. The van der Waals surface area contributed by atoms with E-state index in [0.29, 0.717) is 13.0 Å². The third-order valence-corrected chi connectivity index (χ3v) is 4.12. The number of nitrogens with one attached hydrogen (secondary N) is 1. The number of likely N-dealkylation sites (N-methyl/N-ethyl adjacent to an activating group) is 1. The van der Waals surface area contributed by atoms with Gasteiger partial charge in [-0.15, -0.1) is 0 Å². The molecule has 1 atom stereocenters. The third kappa shape index (κ3) is 6.40. The molecule has 1 rings (SSSR count). The topological polar surface area (TPSA) is 78.7 Å². The van der Waals surface area contributed by atoms with Crippen LogP contribution >= 0.6 is 11.8 Å². The van der Waals surface area contributed by atoms with Gasteiger partial charge in [-0.2, -0.15) is 11.8 Å². The summed E-state index contributed by atoms with van der Waals surface area (Å²) in [7, 11) is 5.70. The summed E-state index contributed by atoms with van der Waals surface area (Å²) in [6.45, 7) is 0.489. The standard InChI is InChI=1S/C16H26N4O2S/c1-19(2)13-7-5-12(6-8-13)11-20(3)15(21)14(9-10-23-4)18-16(17)22/h5-8,14H,9-11H2,1-4H3,(H3,17,18,22). The highest BCUT2D eigenvalue weighted by Gasteiger charge is 2.22. The van der Waals surface area contributed by atoms with Gasteiger partial charge in [0.15, 0.2) is 0 Å². The molecule has 0 aliphatic carbocycles. The highest BCUT2D eigenvalue weighted by molar-refractivity contribution is 7.98. The Morgan fingerprint density at radius 2 is 1.83 bits per heavy atom. The molecule has 128 valence electrons. The first-order valence-corrected chi connectivity index (χ1v) is 8.80. The molecular weight excluding hydrogens is 312 g/mol. The fourth-order valence-corrected chi connectivity index (χ4v) is 2.65. The number of nitrogens with zero attached hydrogens (tertiary/aromatic N) is 2. The van der Waals surface area contributed by atoms with Gasteiger partial charge in [0, 0.05) is 33.4 Å². The smallest absolute Gasteiger partial charge is 0.312 e. The number of hydrogen-bond donors (Lipinski definition) is 2. The van der Waals surface area contributed by atoms with E-state index in [2.05, 4.69) is 5.32 Å². The van der Waals surface area contributed by atoms with Gasteiger partial charge in [0.25, 0.3) is 0 Å². The lowest BCUT2D eigenvalue weighted by Gasteiger charge is -2.24. The summed E-state index contributed by atoms with van der Waals surface area (Å²) in [4.78, 5) is 27.2. The molecule has 6 nitrogen and oxygen atoms in total. The summed E-state index contributed by atoms with van der Waals surface area (Å²) >= 11 is 1.63. The summed E-state index contributed by atoms with van der Waals surface area (Å²) < 4.78 is 0. The first-order chi connectivity index (χ1) is 10.8. The zero-order valence-electron chi connectivity index (χ0n) is 14.2. The number of carbonyl (C=O) groups is 2. The summed E-state index contributed by atoms with van der Waals surface area (Å²) in [6, 6.07) is 6.77. The minimum Gasteiger partial charge on any atom is -0.378 e. The van der Waals surface area contributed by atoms with E-state index in [1.54, 1.807) is 23.7 Å². The molecule has 0 saturated carbocycles. The molecule has 0 fully saturated rings. The Hall–Kier alpha value is -1.89. The number of thioether (sulfide) groups is 1. The lowest BCUT2D eigenvalue weighted by atomic mass is 10.1. The Morgan fingerprint density at radius 3 is 2.30 bits per heavy atom. The van der Waals surface area contributed by atoms with E-state index in [1.807, 2.05) is 49.5 Å². The number of amides is 3. The van der Waals surface area contributed by atoms with Crippen LogP contribution in [-0.2, 0) is 11.3 Å². The third-order valence-electron chi connectivity index (χ3n) is 3.47. The molecule has 0 saturated heterocycles. The van der Waals surface area contributed by atoms with Gasteiger partial charge in [-0.25, -0.2) is 4.79 Å². The second-order valence-corrected chi connectivity index (χ2v) is 6.58. The fraction of sp³-hybridized carbons (Fsp3) is 0.500. The normalized spacial score (nSPS) is 11.7. The lowest BCUT2D eigenvalue weighted by molar-refractivity contribution is -0.132. The average Bonchev–Trinajstić information content (AvgIpc) is 2.50. The van der Waals surface area contributed by atoms with Crippen molar-refractivity contribution in [2.24, 2.45) is 5.73 Å². The van der Waals surface area contributed by atoms with Crippen molar-refractivity contribution in [3.05, 3.63) is 29.8 Å². The average molecular weight is 338 g/mol. The molecule has 1 aromatic carbocycles. The van der Waals surface area contributed by atoms with E-state index in [1.165, 1.54) is 0 Å². The Balaban J connectivity index is 2.70. The zero-order chi connectivity index (χ0) is 17.4. The van der Waals surface area contributed by atoms with Crippen molar-refractivity contribution in [3.63, 3.8) is 0 Å². The van der Waals surface area contributed by atoms with Crippen molar-refractivity contribution >= 4 is 29.4 Å². The summed E-state index contributed by atoms with van der Waals surface area (Å²) in [5, 5.41) is 2.53. The van der Waals surface area contributed by atoms with E-state index in [0.717, 1.165) is 17.0 Å². The fourth-order valence-electron chi connectivity index (χ4n) is 2.18. The van der Waals surface area contributed by atoms with Crippen LogP contribution in [0.15, 0.2) is 24.3 Å². The molecule has 0 radical (unpaired) electrons. The van der Waals surface area contributed by atoms with E-state index in [-0.39, 0.29) is 5.91 Å². The van der Waals surface area contributed by atoms with Crippen molar-refractivity contribution < 1.29 is 9.59 Å². The number of benzene rings is 1. The minimum absolute atomic E-state index is 0.130. The van der Waals surface area contributed by atoms with Crippen molar-refractivity contribution in [3.8, 4) is 0 Å². The summed E-state index contributed by atoms with van der Waals surface area (Å²) in [6.07, 6.45) is 2.52. The van der Waals surface area contributed by atoms with Crippen LogP contribution in [0.2, 0.25) is 0 Å². The van der Waals surface area contributed by atoms with Gasteiger partial charge in [-0.3, -0.25) is 4.79 Å². The van der Waals surface area contributed by atoms with Crippen LogP contribution in [0.1, 0.15) is 12.0 Å². The maximum Gasteiger partial charge on any atom is 0.312 e. The molecule has 0 aliphatic heterocycles. The van der Waals surface area contributed by atoms with Gasteiger partial charge in [-0.05, 0) is 36.1 Å². The van der Waals surface area contributed by atoms with Crippen LogP contribution in [0.3, 0.4) is 0 Å². The zero-order valence-corrected chi connectivity index (χ0v) is 15.0. The SMILES string of the molecule is CSCCC(NC(N)=O)C(=O)N(C)Cc1ccc(N(C)C)cc1. The number of carbonyl (C=O) groups excluding carboxylic acids is 2. The maximum atomic E-state index is 12.5. The molecule has 3 N–H and O–H groups in total. The molecule has 1 aromatic rings. The number of primary amides is 1. The molecule has 23 heavy (non-hydrogen) atoms. The monoisotopic (exact) mass is 338 g/mol. The van der Waals surface area contributed by atoms with Crippen LogP contribution in [0.25, 0.3) is 0 Å². The maximum absolute atomic E-state index is 12.5. The van der Waals surface area contributed by atoms with Crippen molar-refractivity contribution in [1.82, 2.24) is 10.2 Å². The first-order valence-electron chi connectivity index (χ1n) is 7.41. The van der Waals surface area contributed by atoms with Crippen LogP contribution in [0.4, 0.5) is 10.5 Å². The van der Waals surface area contributed by atoms with Crippen LogP contribution in [0.5, 0.6) is 0 Å². The van der Waals surface area contributed by atoms with Gasteiger partial charge >= 0.3 is 6.03 Å². The van der Waals surface area contributed by atoms with Crippen molar-refractivity contribution in [2.75, 3.05) is 38.1 Å². The predicted molar refractivity (Wildman–Crippen MR) is 96.7 cm³/mol. The van der Waals surface area contributed by atoms with E-state index < -0.39 is 12.1 Å². The molecule has 0 aromatic heterocycles. The van der Waals surface area contributed by atoms with Gasteiger partial charge in [0.2, 0.25) is 5.91 Å². The Labute approximate surface area is 142 Å². The van der Waals surface area contributed by atoms with Crippen LogP contribution in [0, 0.1) is 0 Å². The number of nitrogens with two attached hydrogens (primary N) is 1. The largest absolute Gasteiger partial charge is 0.378 e. The molecular formula is C16H26N4O2S. The number of rotatable bonds is 8. The molecule has 0 spiro atoms. The molecule has 3 amide bonds. The number of hydrogen-bond acceptors (Lipinski definition) is 4.